The molecule has 3 heteroatoms. The van der Waals surface area contributed by atoms with Crippen LogP contribution in [0, 0.1) is 11.8 Å². The molecule has 0 aliphatic heterocycles. The first-order chi connectivity index (χ1) is 9.65. The van der Waals surface area contributed by atoms with Gasteiger partial charge in [-0.15, -0.1) is 0 Å². The van der Waals surface area contributed by atoms with Crippen LogP contribution in [0.15, 0.2) is 54.6 Å². The van der Waals surface area contributed by atoms with Crippen molar-refractivity contribution >= 4 is 5.97 Å². The van der Waals surface area contributed by atoms with E-state index >= 15 is 0 Å². The van der Waals surface area contributed by atoms with Crippen molar-refractivity contribution in [3.63, 3.8) is 0 Å². The van der Waals surface area contributed by atoms with Crippen molar-refractivity contribution in [3.05, 3.63) is 71.3 Å². The summed E-state index contributed by atoms with van der Waals surface area (Å²) in [6.45, 7) is 0. The molecule has 100 valence electrons. The Labute approximate surface area is 118 Å². The number of benzene rings is 2. The van der Waals surface area contributed by atoms with Crippen LogP contribution in [-0.2, 0) is 4.79 Å². The Bertz CT molecular complexity index is 636. The predicted octanol–water partition coefficient (Wildman–Crippen LogP) is 2.56. The molecule has 20 heavy (non-hydrogen) atoms. The molecule has 0 radical (unpaired) electrons. The van der Waals surface area contributed by atoms with Crippen molar-refractivity contribution in [3.8, 4) is 11.8 Å². The second-order valence-electron chi connectivity index (χ2n) is 4.44. The van der Waals surface area contributed by atoms with Gasteiger partial charge in [0.2, 0.25) is 0 Å². The highest BCUT2D eigenvalue weighted by Gasteiger charge is 2.09. The Hall–Kier alpha value is -2.57. The van der Waals surface area contributed by atoms with Crippen molar-refractivity contribution in [1.29, 1.82) is 0 Å². The van der Waals surface area contributed by atoms with E-state index in [2.05, 4.69) is 11.8 Å². The zero-order valence-electron chi connectivity index (χ0n) is 10.9. The van der Waals surface area contributed by atoms with Crippen LogP contribution in [0.5, 0.6) is 0 Å². The zero-order valence-corrected chi connectivity index (χ0v) is 10.9. The summed E-state index contributed by atoms with van der Waals surface area (Å²) in [4.78, 5) is 10.6. The van der Waals surface area contributed by atoms with Gasteiger partial charge in [0.05, 0.1) is 6.42 Å². The van der Waals surface area contributed by atoms with Crippen molar-refractivity contribution in [2.24, 2.45) is 5.73 Å². The first kappa shape index (κ1) is 13.9. The van der Waals surface area contributed by atoms with Crippen LogP contribution in [0.2, 0.25) is 0 Å². The Morgan fingerprint density at radius 2 is 1.55 bits per heavy atom. The highest BCUT2D eigenvalue weighted by molar-refractivity contribution is 5.67. The highest BCUT2D eigenvalue weighted by atomic mass is 16.4. The topological polar surface area (TPSA) is 63.3 Å². The minimum absolute atomic E-state index is 0.0744. The maximum atomic E-state index is 10.6. The third-order valence-electron chi connectivity index (χ3n) is 2.86. The maximum absolute atomic E-state index is 10.6. The minimum atomic E-state index is -0.898. The molecule has 0 aliphatic carbocycles. The number of hydrogen-bond acceptors (Lipinski definition) is 2. The molecule has 3 nitrogen and oxygen atoms in total. The number of carboxylic acids is 1. The predicted molar refractivity (Wildman–Crippen MR) is 78.0 cm³/mol. The van der Waals surface area contributed by atoms with Gasteiger partial charge in [0.15, 0.2) is 0 Å². The quantitative estimate of drug-likeness (QED) is 0.838. The van der Waals surface area contributed by atoms with Gasteiger partial charge in [-0.1, -0.05) is 42.2 Å². The number of nitrogens with two attached hydrogens (primary N) is 1. The molecule has 0 heterocycles. The van der Waals surface area contributed by atoms with Gasteiger partial charge in [-0.3, -0.25) is 4.79 Å². The summed E-state index contributed by atoms with van der Waals surface area (Å²) in [5.74, 6) is 5.23. The number of carbonyl (C=O) groups is 1. The van der Waals surface area contributed by atoms with Crippen molar-refractivity contribution in [2.45, 2.75) is 12.5 Å². The van der Waals surface area contributed by atoms with E-state index in [0.717, 1.165) is 16.7 Å². The van der Waals surface area contributed by atoms with Crippen LogP contribution in [0.3, 0.4) is 0 Å². The lowest BCUT2D eigenvalue weighted by atomic mass is 10.0. The smallest absolute Gasteiger partial charge is 0.305 e. The summed E-state index contributed by atoms with van der Waals surface area (Å²) in [5.41, 5.74) is 8.43. The van der Waals surface area contributed by atoms with Gasteiger partial charge in [-0.2, -0.15) is 0 Å². The summed E-state index contributed by atoms with van der Waals surface area (Å²) in [5, 5.41) is 8.71. The van der Waals surface area contributed by atoms with E-state index in [1.54, 1.807) is 0 Å². The molecule has 0 amide bonds. The standard InChI is InChI=1S/C17H15NO2/c18-16(12-17(19)20)15-10-8-14(9-11-15)7-6-13-4-2-1-3-5-13/h1-5,8-11,16H,12,18H2,(H,19,20). The number of hydrogen-bond donors (Lipinski definition) is 2. The largest absolute Gasteiger partial charge is 0.481 e. The molecule has 2 aromatic rings. The molecule has 0 saturated carbocycles. The molecule has 1 unspecified atom stereocenters. The number of carboxylic acid groups (broad SMARTS) is 1. The summed E-state index contributed by atoms with van der Waals surface area (Å²) in [7, 11) is 0. The molecule has 0 bridgehead atoms. The first-order valence-electron chi connectivity index (χ1n) is 6.29. The van der Waals surface area contributed by atoms with E-state index in [4.69, 9.17) is 10.8 Å². The summed E-state index contributed by atoms with van der Waals surface area (Å²) < 4.78 is 0. The van der Waals surface area contributed by atoms with Crippen molar-refractivity contribution in [2.75, 3.05) is 0 Å². The second kappa shape index (κ2) is 6.55. The van der Waals surface area contributed by atoms with Crippen LogP contribution in [0.25, 0.3) is 0 Å². The van der Waals surface area contributed by atoms with Crippen LogP contribution >= 0.6 is 0 Å². The third kappa shape index (κ3) is 3.98. The van der Waals surface area contributed by atoms with Crippen LogP contribution in [0.1, 0.15) is 29.2 Å². The van der Waals surface area contributed by atoms with E-state index in [0.29, 0.717) is 0 Å². The fraction of sp³-hybridized carbons (Fsp3) is 0.118. The SMILES string of the molecule is NC(CC(=O)O)c1ccc(C#Cc2ccccc2)cc1. The Morgan fingerprint density at radius 1 is 1.00 bits per heavy atom. The monoisotopic (exact) mass is 265 g/mol. The van der Waals surface area contributed by atoms with Gasteiger partial charge >= 0.3 is 5.97 Å². The average molecular weight is 265 g/mol. The van der Waals surface area contributed by atoms with E-state index in [-0.39, 0.29) is 6.42 Å². The van der Waals surface area contributed by atoms with Gasteiger partial charge in [-0.05, 0) is 29.8 Å². The third-order valence-corrected chi connectivity index (χ3v) is 2.86. The first-order valence-corrected chi connectivity index (χ1v) is 6.29. The molecule has 0 saturated heterocycles. The fourth-order valence-corrected chi connectivity index (χ4v) is 1.79. The molecule has 0 aliphatic rings. The molecule has 2 aromatic carbocycles. The molecular weight excluding hydrogens is 250 g/mol. The van der Waals surface area contributed by atoms with Gasteiger partial charge < -0.3 is 10.8 Å². The Balaban J connectivity index is 2.09. The van der Waals surface area contributed by atoms with Gasteiger partial charge in [0, 0.05) is 17.2 Å². The van der Waals surface area contributed by atoms with Gasteiger partial charge in [-0.25, -0.2) is 0 Å². The van der Waals surface area contributed by atoms with Crippen LogP contribution in [-0.4, -0.2) is 11.1 Å². The van der Waals surface area contributed by atoms with E-state index in [1.807, 2.05) is 54.6 Å². The molecule has 0 spiro atoms. The molecule has 0 aromatic heterocycles. The van der Waals surface area contributed by atoms with E-state index in [1.165, 1.54) is 0 Å². The Kier molecular flexibility index (Phi) is 4.54. The molecule has 0 fully saturated rings. The lowest BCUT2D eigenvalue weighted by molar-refractivity contribution is -0.137. The van der Waals surface area contributed by atoms with Gasteiger partial charge in [0.25, 0.3) is 0 Å². The van der Waals surface area contributed by atoms with E-state index < -0.39 is 12.0 Å². The van der Waals surface area contributed by atoms with E-state index in [9.17, 15) is 4.79 Å². The lowest BCUT2D eigenvalue weighted by Crippen LogP contribution is -2.14. The normalized spacial score (nSPS) is 11.2. The summed E-state index contributed by atoms with van der Waals surface area (Å²) in [6.07, 6.45) is -0.0744. The number of rotatable bonds is 3. The zero-order chi connectivity index (χ0) is 14.4. The van der Waals surface area contributed by atoms with Gasteiger partial charge in [0.1, 0.15) is 0 Å². The van der Waals surface area contributed by atoms with Crippen molar-refractivity contribution in [1.82, 2.24) is 0 Å². The molecule has 2 rings (SSSR count). The Morgan fingerprint density at radius 3 is 2.10 bits per heavy atom. The molecular formula is C17H15NO2. The summed E-state index contributed by atoms with van der Waals surface area (Å²) in [6, 6.07) is 16.6. The molecule has 3 N–H and O–H groups in total. The average Bonchev–Trinajstić information content (AvgIpc) is 2.46. The maximum Gasteiger partial charge on any atom is 0.305 e. The number of aliphatic carboxylic acids is 1. The second-order valence-corrected chi connectivity index (χ2v) is 4.44. The van der Waals surface area contributed by atoms with Crippen molar-refractivity contribution < 1.29 is 9.90 Å². The summed E-state index contributed by atoms with van der Waals surface area (Å²) >= 11 is 0. The van der Waals surface area contributed by atoms with Crippen LogP contribution in [0.4, 0.5) is 0 Å². The minimum Gasteiger partial charge on any atom is -0.481 e. The lowest BCUT2D eigenvalue weighted by Gasteiger charge is -2.08. The fourth-order valence-electron chi connectivity index (χ4n) is 1.79. The molecule has 1 atom stereocenters. The highest BCUT2D eigenvalue weighted by Crippen LogP contribution is 2.14. The van der Waals surface area contributed by atoms with Crippen LogP contribution < -0.4 is 5.73 Å².